The van der Waals surface area contributed by atoms with Gasteiger partial charge in [0.25, 0.3) is 10.2 Å². The number of carbonyl (C=O) groups is 2. The zero-order valence-electron chi connectivity index (χ0n) is 21.0. The van der Waals surface area contributed by atoms with Crippen LogP contribution < -0.4 is 10.0 Å². The third kappa shape index (κ3) is 6.62. The van der Waals surface area contributed by atoms with Gasteiger partial charge < -0.3 is 15.0 Å². The number of halogens is 1. The second kappa shape index (κ2) is 11.5. The summed E-state index contributed by atoms with van der Waals surface area (Å²) in [6.07, 6.45) is 4.23. The van der Waals surface area contributed by atoms with E-state index in [1.165, 1.54) is 20.2 Å². The molecule has 4 rings (SSSR count). The van der Waals surface area contributed by atoms with E-state index in [1.807, 2.05) is 6.07 Å². The molecule has 1 aromatic carbocycles. The van der Waals surface area contributed by atoms with Crippen molar-refractivity contribution in [3.63, 3.8) is 0 Å². The monoisotopic (exact) mass is 524 g/mol. The van der Waals surface area contributed by atoms with Crippen LogP contribution in [0.3, 0.4) is 0 Å². The molecule has 3 atom stereocenters. The fourth-order valence-corrected chi connectivity index (χ4v) is 6.38. The summed E-state index contributed by atoms with van der Waals surface area (Å²) in [5.74, 6) is -0.661. The summed E-state index contributed by atoms with van der Waals surface area (Å²) < 4.78 is 48.9. The first-order valence-corrected chi connectivity index (χ1v) is 14.2. The molecule has 3 fully saturated rings. The molecule has 1 aromatic rings. The molecule has 2 N–H and O–H groups in total. The Morgan fingerprint density at radius 1 is 1.22 bits per heavy atom. The van der Waals surface area contributed by atoms with Gasteiger partial charge in [-0.15, -0.1) is 0 Å². The summed E-state index contributed by atoms with van der Waals surface area (Å²) >= 11 is 0. The summed E-state index contributed by atoms with van der Waals surface area (Å²) in [5.41, 5.74) is 1.02. The Kier molecular flexibility index (Phi) is 8.64. The highest BCUT2D eigenvalue weighted by atomic mass is 32.2. The average molecular weight is 525 g/mol. The molecule has 9 nitrogen and oxygen atoms in total. The lowest BCUT2D eigenvalue weighted by molar-refractivity contribution is -0.138. The van der Waals surface area contributed by atoms with Gasteiger partial charge in [0.2, 0.25) is 11.8 Å². The number of ether oxygens (including phenoxy) is 1. The zero-order valence-corrected chi connectivity index (χ0v) is 21.8. The van der Waals surface area contributed by atoms with Gasteiger partial charge in [-0.3, -0.25) is 9.59 Å². The van der Waals surface area contributed by atoms with E-state index in [0.29, 0.717) is 38.6 Å². The number of piperidine rings is 1. The molecule has 2 aliphatic heterocycles. The van der Waals surface area contributed by atoms with Crippen LogP contribution >= 0.6 is 0 Å². The Morgan fingerprint density at radius 3 is 2.61 bits per heavy atom. The number of likely N-dealkylation sites (tertiary alicyclic amines) is 1. The Morgan fingerprint density at radius 2 is 1.97 bits per heavy atom. The number of nitrogens with zero attached hydrogens (tertiary/aromatic N) is 2. The van der Waals surface area contributed by atoms with Crippen LogP contribution in [-0.4, -0.2) is 81.9 Å². The molecule has 2 amide bonds. The molecule has 0 aromatic heterocycles. The van der Waals surface area contributed by atoms with Crippen LogP contribution in [0.1, 0.15) is 50.0 Å². The molecular weight excluding hydrogens is 487 g/mol. The summed E-state index contributed by atoms with van der Waals surface area (Å²) in [4.78, 5) is 26.3. The van der Waals surface area contributed by atoms with Gasteiger partial charge in [-0.1, -0.05) is 12.1 Å². The van der Waals surface area contributed by atoms with Gasteiger partial charge >= 0.3 is 0 Å². The SMILES string of the molecule is CN(C)S(=O)(=O)NC1CCN(C(=O)C2CNC(=O)C2)CC1COC1CCC(c2cccc(F)c2)CC1. The summed E-state index contributed by atoms with van der Waals surface area (Å²) in [5, 5.41) is 2.71. The van der Waals surface area contributed by atoms with Crippen LogP contribution in [0.25, 0.3) is 0 Å². The van der Waals surface area contributed by atoms with Crippen LogP contribution in [0.2, 0.25) is 0 Å². The Balaban J connectivity index is 1.36. The minimum absolute atomic E-state index is 0.0450. The first-order chi connectivity index (χ1) is 17.1. The second-order valence-corrected chi connectivity index (χ2v) is 12.3. The third-order valence-corrected chi connectivity index (χ3v) is 9.26. The van der Waals surface area contributed by atoms with E-state index in [-0.39, 0.29) is 48.0 Å². The largest absolute Gasteiger partial charge is 0.378 e. The van der Waals surface area contributed by atoms with E-state index in [2.05, 4.69) is 10.0 Å². The molecule has 36 heavy (non-hydrogen) atoms. The second-order valence-electron chi connectivity index (χ2n) is 10.4. The summed E-state index contributed by atoms with van der Waals surface area (Å²) in [6.45, 7) is 1.49. The molecule has 1 aliphatic carbocycles. The molecule has 0 radical (unpaired) electrons. The van der Waals surface area contributed by atoms with Crippen molar-refractivity contribution in [2.75, 3.05) is 40.3 Å². The van der Waals surface area contributed by atoms with Gasteiger partial charge in [0.15, 0.2) is 0 Å². The number of rotatable bonds is 8. The smallest absolute Gasteiger partial charge is 0.279 e. The van der Waals surface area contributed by atoms with Gasteiger partial charge in [0, 0.05) is 52.1 Å². The van der Waals surface area contributed by atoms with E-state index in [1.54, 1.807) is 17.0 Å². The van der Waals surface area contributed by atoms with E-state index >= 15 is 0 Å². The normalized spacial score (nSPS) is 29.4. The van der Waals surface area contributed by atoms with Crippen molar-refractivity contribution >= 4 is 22.0 Å². The number of benzene rings is 1. The van der Waals surface area contributed by atoms with Crippen LogP contribution in [0, 0.1) is 17.7 Å². The maximum absolute atomic E-state index is 13.6. The molecule has 3 aliphatic rings. The summed E-state index contributed by atoms with van der Waals surface area (Å²) in [6, 6.07) is 6.42. The maximum Gasteiger partial charge on any atom is 0.279 e. The quantitative estimate of drug-likeness (QED) is 0.537. The Bertz CT molecular complexity index is 1040. The standard InChI is InChI=1S/C25H37FN4O5S/c1-29(2)36(33,34)28-23-10-11-30(25(32)19-13-24(31)27-14-19)15-20(23)16-35-22-8-6-17(7-9-22)18-4-3-5-21(26)12-18/h3-5,12,17,19-20,22-23,28H,6-11,13-16H2,1-2H3,(H,27,31). The third-order valence-electron chi connectivity index (χ3n) is 7.69. The van der Waals surface area contributed by atoms with Crippen molar-refractivity contribution in [2.24, 2.45) is 11.8 Å². The number of nitrogens with one attached hydrogen (secondary N) is 2. The molecule has 200 valence electrons. The molecule has 0 bridgehead atoms. The van der Waals surface area contributed by atoms with Gasteiger partial charge in [-0.2, -0.15) is 17.4 Å². The average Bonchev–Trinajstić information content (AvgIpc) is 3.29. The summed E-state index contributed by atoms with van der Waals surface area (Å²) in [7, 11) is -0.677. The number of hydrogen-bond donors (Lipinski definition) is 2. The molecule has 0 spiro atoms. The highest BCUT2D eigenvalue weighted by molar-refractivity contribution is 7.87. The van der Waals surface area contributed by atoms with Crippen LogP contribution in [0.15, 0.2) is 24.3 Å². The van der Waals surface area contributed by atoms with Crippen molar-refractivity contribution in [1.29, 1.82) is 0 Å². The van der Waals surface area contributed by atoms with Crippen LogP contribution in [0.4, 0.5) is 4.39 Å². The number of hydrogen-bond acceptors (Lipinski definition) is 5. The zero-order chi connectivity index (χ0) is 25.9. The lowest BCUT2D eigenvalue weighted by atomic mass is 9.82. The molecular formula is C25H37FN4O5S. The maximum atomic E-state index is 13.6. The topological polar surface area (TPSA) is 108 Å². The predicted octanol–water partition coefficient (Wildman–Crippen LogP) is 1.62. The van der Waals surface area contributed by atoms with Gasteiger partial charge in [-0.05, 0) is 55.7 Å². The lowest BCUT2D eigenvalue weighted by Gasteiger charge is -2.40. The van der Waals surface area contributed by atoms with Crippen LogP contribution in [0.5, 0.6) is 0 Å². The van der Waals surface area contributed by atoms with E-state index in [0.717, 1.165) is 35.6 Å². The molecule has 2 heterocycles. The van der Waals surface area contributed by atoms with Crippen molar-refractivity contribution in [3.8, 4) is 0 Å². The highest BCUT2D eigenvalue weighted by Crippen LogP contribution is 2.35. The molecule has 2 saturated heterocycles. The van der Waals surface area contributed by atoms with E-state index < -0.39 is 10.2 Å². The van der Waals surface area contributed by atoms with E-state index in [4.69, 9.17) is 4.74 Å². The van der Waals surface area contributed by atoms with Crippen molar-refractivity contribution < 1.29 is 27.1 Å². The van der Waals surface area contributed by atoms with Gasteiger partial charge in [0.05, 0.1) is 18.6 Å². The molecule has 11 heteroatoms. The number of carbonyl (C=O) groups excluding carboxylic acids is 2. The number of amides is 2. The fourth-order valence-electron chi connectivity index (χ4n) is 5.47. The highest BCUT2D eigenvalue weighted by Gasteiger charge is 2.38. The first-order valence-electron chi connectivity index (χ1n) is 12.7. The van der Waals surface area contributed by atoms with Crippen LogP contribution in [-0.2, 0) is 24.5 Å². The Labute approximate surface area is 212 Å². The first kappa shape index (κ1) is 27.0. The minimum atomic E-state index is -3.64. The van der Waals surface area contributed by atoms with Crippen molar-refractivity contribution in [3.05, 3.63) is 35.6 Å². The fraction of sp³-hybridized carbons (Fsp3) is 0.680. The molecule has 1 saturated carbocycles. The van der Waals surface area contributed by atoms with Gasteiger partial charge in [-0.25, -0.2) is 4.39 Å². The van der Waals surface area contributed by atoms with Crippen molar-refractivity contribution in [2.45, 2.75) is 56.6 Å². The molecule has 3 unspecified atom stereocenters. The predicted molar refractivity (Wildman–Crippen MR) is 133 cm³/mol. The van der Waals surface area contributed by atoms with Crippen molar-refractivity contribution in [1.82, 2.24) is 19.2 Å². The van der Waals surface area contributed by atoms with E-state index in [9.17, 15) is 22.4 Å². The Hall–Kier alpha value is -2.08. The minimum Gasteiger partial charge on any atom is -0.378 e. The lowest BCUT2D eigenvalue weighted by Crippen LogP contribution is -2.56. The van der Waals surface area contributed by atoms with Gasteiger partial charge in [0.1, 0.15) is 5.82 Å².